The van der Waals surface area contributed by atoms with E-state index in [4.69, 9.17) is 0 Å². The van der Waals surface area contributed by atoms with Crippen LogP contribution in [0.1, 0.15) is 12.0 Å². The number of amides is 1. The summed E-state index contributed by atoms with van der Waals surface area (Å²) >= 11 is 0. The minimum atomic E-state index is -0.0440. The number of aromatic nitrogens is 2. The molecule has 1 aromatic heterocycles. The number of hydrogen-bond acceptors (Lipinski definition) is 3. The third-order valence-electron chi connectivity index (χ3n) is 3.23. The van der Waals surface area contributed by atoms with Crippen LogP contribution in [0.4, 0.5) is 5.69 Å². The number of benzene rings is 1. The van der Waals surface area contributed by atoms with Crippen LogP contribution >= 0.6 is 0 Å². The van der Waals surface area contributed by atoms with E-state index in [1.54, 1.807) is 6.20 Å². The summed E-state index contributed by atoms with van der Waals surface area (Å²) < 4.78 is 1.82. The van der Waals surface area contributed by atoms with Crippen molar-refractivity contribution in [1.82, 2.24) is 15.1 Å². The van der Waals surface area contributed by atoms with Crippen molar-refractivity contribution >= 4 is 11.6 Å². The SMILES string of the molecule is O=C(Nc1cnn(Cc2ccccc2)c1)C1CCN1. The number of hydrogen-bond donors (Lipinski definition) is 2. The zero-order chi connectivity index (χ0) is 13.1. The molecule has 1 aromatic carbocycles. The molecule has 5 nitrogen and oxygen atoms in total. The third kappa shape index (κ3) is 2.82. The first-order valence-electron chi connectivity index (χ1n) is 6.42. The van der Waals surface area contributed by atoms with Crippen molar-refractivity contribution in [1.29, 1.82) is 0 Å². The number of anilines is 1. The fourth-order valence-corrected chi connectivity index (χ4v) is 2.03. The molecule has 0 spiro atoms. The molecule has 2 heterocycles. The van der Waals surface area contributed by atoms with Crippen LogP contribution in [0.2, 0.25) is 0 Å². The molecule has 1 amide bonds. The van der Waals surface area contributed by atoms with Gasteiger partial charge in [0.05, 0.1) is 24.5 Å². The van der Waals surface area contributed by atoms with Crippen molar-refractivity contribution < 1.29 is 4.79 Å². The van der Waals surface area contributed by atoms with Gasteiger partial charge in [-0.1, -0.05) is 30.3 Å². The van der Waals surface area contributed by atoms with Gasteiger partial charge in [0.1, 0.15) is 0 Å². The zero-order valence-corrected chi connectivity index (χ0v) is 10.5. The monoisotopic (exact) mass is 256 g/mol. The summed E-state index contributed by atoms with van der Waals surface area (Å²) in [4.78, 5) is 11.8. The second-order valence-corrected chi connectivity index (χ2v) is 4.70. The molecule has 19 heavy (non-hydrogen) atoms. The standard InChI is InChI=1S/C14H16N4O/c19-14(13-6-7-15-13)17-12-8-16-18(10-12)9-11-4-2-1-3-5-11/h1-5,8,10,13,15H,6-7,9H2,(H,17,19). The summed E-state index contributed by atoms with van der Waals surface area (Å²) in [7, 11) is 0. The van der Waals surface area contributed by atoms with E-state index in [-0.39, 0.29) is 11.9 Å². The second-order valence-electron chi connectivity index (χ2n) is 4.70. The van der Waals surface area contributed by atoms with Crippen molar-refractivity contribution in [3.63, 3.8) is 0 Å². The molecule has 1 saturated heterocycles. The summed E-state index contributed by atoms with van der Waals surface area (Å²) in [6.45, 7) is 1.63. The Kier molecular flexibility index (Phi) is 3.29. The predicted octanol–water partition coefficient (Wildman–Crippen LogP) is 1.23. The van der Waals surface area contributed by atoms with Gasteiger partial charge in [-0.3, -0.25) is 9.48 Å². The van der Waals surface area contributed by atoms with Crippen molar-refractivity contribution in [2.75, 3.05) is 11.9 Å². The van der Waals surface area contributed by atoms with Crippen LogP contribution in [0.15, 0.2) is 42.7 Å². The Morgan fingerprint density at radius 3 is 2.89 bits per heavy atom. The minimum absolute atomic E-state index is 0.0190. The lowest BCUT2D eigenvalue weighted by Crippen LogP contribution is -2.50. The fraction of sp³-hybridized carbons (Fsp3) is 0.286. The molecule has 0 bridgehead atoms. The Bertz CT molecular complexity index is 560. The van der Waals surface area contributed by atoms with Gasteiger partial charge in [0, 0.05) is 6.20 Å². The van der Waals surface area contributed by atoms with Crippen LogP contribution in [0.5, 0.6) is 0 Å². The highest BCUT2D eigenvalue weighted by atomic mass is 16.2. The number of carbonyl (C=O) groups is 1. The van der Waals surface area contributed by atoms with Crippen molar-refractivity contribution in [2.24, 2.45) is 0 Å². The van der Waals surface area contributed by atoms with Crippen LogP contribution in [0.25, 0.3) is 0 Å². The lowest BCUT2D eigenvalue weighted by molar-refractivity contribution is -0.119. The van der Waals surface area contributed by atoms with E-state index in [9.17, 15) is 4.79 Å². The molecule has 1 aliphatic rings. The molecule has 0 aliphatic carbocycles. The van der Waals surface area contributed by atoms with Crippen LogP contribution < -0.4 is 10.6 Å². The Labute approximate surface area is 111 Å². The summed E-state index contributed by atoms with van der Waals surface area (Å²) in [5.41, 5.74) is 1.93. The number of rotatable bonds is 4. The first-order valence-corrected chi connectivity index (χ1v) is 6.42. The maximum atomic E-state index is 11.8. The van der Waals surface area contributed by atoms with Gasteiger partial charge in [0.25, 0.3) is 0 Å². The van der Waals surface area contributed by atoms with E-state index in [0.717, 1.165) is 18.7 Å². The van der Waals surface area contributed by atoms with Crippen LogP contribution in [0, 0.1) is 0 Å². The van der Waals surface area contributed by atoms with Crippen LogP contribution in [-0.2, 0) is 11.3 Å². The average molecular weight is 256 g/mol. The number of nitrogens with zero attached hydrogens (tertiary/aromatic N) is 2. The minimum Gasteiger partial charge on any atom is -0.322 e. The Morgan fingerprint density at radius 1 is 1.42 bits per heavy atom. The molecule has 2 N–H and O–H groups in total. The van der Waals surface area contributed by atoms with Crippen molar-refractivity contribution in [2.45, 2.75) is 19.0 Å². The molecule has 2 aromatic rings. The number of carbonyl (C=O) groups excluding carboxylic acids is 1. The van der Waals surface area contributed by atoms with Crippen LogP contribution in [-0.4, -0.2) is 28.3 Å². The predicted molar refractivity (Wildman–Crippen MR) is 72.8 cm³/mol. The first-order chi connectivity index (χ1) is 9.31. The molecule has 0 radical (unpaired) electrons. The molecular formula is C14H16N4O. The molecular weight excluding hydrogens is 240 g/mol. The Morgan fingerprint density at radius 2 is 2.21 bits per heavy atom. The maximum absolute atomic E-state index is 11.8. The quantitative estimate of drug-likeness (QED) is 0.865. The van der Waals surface area contributed by atoms with Gasteiger partial charge in [0.2, 0.25) is 5.91 Å². The molecule has 1 atom stereocenters. The van der Waals surface area contributed by atoms with Gasteiger partial charge in [-0.05, 0) is 18.5 Å². The Balaban J connectivity index is 1.61. The van der Waals surface area contributed by atoms with E-state index < -0.39 is 0 Å². The topological polar surface area (TPSA) is 59.0 Å². The van der Waals surface area contributed by atoms with Crippen molar-refractivity contribution in [3.05, 3.63) is 48.3 Å². The summed E-state index contributed by atoms with van der Waals surface area (Å²) in [6.07, 6.45) is 4.44. The second kappa shape index (κ2) is 5.24. The fourth-order valence-electron chi connectivity index (χ4n) is 2.03. The molecule has 1 aliphatic heterocycles. The van der Waals surface area contributed by atoms with Gasteiger partial charge in [-0.15, -0.1) is 0 Å². The van der Waals surface area contributed by atoms with Gasteiger partial charge in [0.15, 0.2) is 0 Å². The Hall–Kier alpha value is -2.14. The first kappa shape index (κ1) is 11.9. The van der Waals surface area contributed by atoms with E-state index in [2.05, 4.69) is 27.9 Å². The van der Waals surface area contributed by atoms with Gasteiger partial charge in [-0.2, -0.15) is 5.10 Å². The molecule has 3 rings (SSSR count). The molecule has 5 heteroatoms. The summed E-state index contributed by atoms with van der Waals surface area (Å²) in [5.74, 6) is 0.0190. The van der Waals surface area contributed by atoms with Crippen molar-refractivity contribution in [3.8, 4) is 0 Å². The molecule has 98 valence electrons. The van der Waals surface area contributed by atoms with Crippen LogP contribution in [0.3, 0.4) is 0 Å². The highest BCUT2D eigenvalue weighted by Crippen LogP contribution is 2.10. The zero-order valence-electron chi connectivity index (χ0n) is 10.5. The van der Waals surface area contributed by atoms with E-state index >= 15 is 0 Å². The number of nitrogens with one attached hydrogen (secondary N) is 2. The van der Waals surface area contributed by atoms with E-state index in [1.807, 2.05) is 29.1 Å². The summed E-state index contributed by atoms with van der Waals surface area (Å²) in [5, 5.41) is 10.2. The smallest absolute Gasteiger partial charge is 0.241 e. The lowest BCUT2D eigenvalue weighted by atomic mass is 10.1. The van der Waals surface area contributed by atoms with E-state index in [1.165, 1.54) is 5.56 Å². The molecule has 1 fully saturated rings. The largest absolute Gasteiger partial charge is 0.322 e. The van der Waals surface area contributed by atoms with Gasteiger partial charge in [-0.25, -0.2) is 0 Å². The molecule has 1 unspecified atom stereocenters. The third-order valence-corrected chi connectivity index (χ3v) is 3.23. The highest BCUT2D eigenvalue weighted by Gasteiger charge is 2.24. The average Bonchev–Trinajstić information content (AvgIpc) is 2.75. The van der Waals surface area contributed by atoms with Gasteiger partial charge < -0.3 is 10.6 Å². The van der Waals surface area contributed by atoms with E-state index in [0.29, 0.717) is 6.54 Å². The maximum Gasteiger partial charge on any atom is 0.241 e. The highest BCUT2D eigenvalue weighted by molar-refractivity contribution is 5.95. The van der Waals surface area contributed by atoms with Gasteiger partial charge >= 0.3 is 0 Å². The summed E-state index contributed by atoms with van der Waals surface area (Å²) in [6, 6.07) is 10.1. The normalized spacial score (nSPS) is 17.8. The lowest BCUT2D eigenvalue weighted by Gasteiger charge is -2.25. The molecule has 0 saturated carbocycles.